The predicted octanol–water partition coefficient (Wildman–Crippen LogP) is 3.62. The molecule has 1 aromatic carbocycles. The number of carbonyl (C=O) groups is 1. The van der Waals surface area contributed by atoms with Crippen LogP contribution in [0.15, 0.2) is 42.6 Å². The maximum absolute atomic E-state index is 13.6. The number of fused-ring (bicyclic) bond motifs is 1. The summed E-state index contributed by atoms with van der Waals surface area (Å²) in [6, 6.07) is 11.2. The quantitative estimate of drug-likeness (QED) is 0.719. The molecule has 1 fully saturated rings. The highest BCUT2D eigenvalue weighted by Crippen LogP contribution is 2.20. The average Bonchev–Trinajstić information content (AvgIpc) is 3.13. The van der Waals surface area contributed by atoms with Crippen LogP contribution in [-0.2, 0) is 17.9 Å². The molecule has 0 unspecified atom stereocenters. The SMILES string of the molecule is Cc1ccc(CNC(=O)C2CCN(Cc3cn4c(C)cccc4n3)CC2)cc1F. The molecule has 1 aliphatic rings. The van der Waals surface area contributed by atoms with E-state index in [4.69, 9.17) is 4.98 Å². The Kier molecular flexibility index (Phi) is 5.62. The number of aryl methyl sites for hydroxylation is 2. The fourth-order valence-electron chi connectivity index (χ4n) is 3.94. The first-order valence-corrected chi connectivity index (χ1v) is 10.2. The molecule has 0 spiro atoms. The van der Waals surface area contributed by atoms with Crippen molar-refractivity contribution in [2.45, 2.75) is 39.8 Å². The van der Waals surface area contributed by atoms with E-state index in [9.17, 15) is 9.18 Å². The second-order valence-electron chi connectivity index (χ2n) is 7.98. The molecule has 0 radical (unpaired) electrons. The van der Waals surface area contributed by atoms with Crippen LogP contribution in [0, 0.1) is 25.6 Å². The van der Waals surface area contributed by atoms with Crippen molar-refractivity contribution >= 4 is 11.6 Å². The zero-order valence-corrected chi connectivity index (χ0v) is 17.0. The zero-order valence-electron chi connectivity index (χ0n) is 17.0. The maximum atomic E-state index is 13.6. The predicted molar refractivity (Wildman–Crippen MR) is 111 cm³/mol. The van der Waals surface area contributed by atoms with Crippen LogP contribution >= 0.6 is 0 Å². The fraction of sp³-hybridized carbons (Fsp3) is 0.391. The smallest absolute Gasteiger partial charge is 0.223 e. The summed E-state index contributed by atoms with van der Waals surface area (Å²) in [6.45, 7) is 6.75. The lowest BCUT2D eigenvalue weighted by molar-refractivity contribution is -0.126. The van der Waals surface area contributed by atoms with Gasteiger partial charge in [0.2, 0.25) is 5.91 Å². The number of hydrogen-bond acceptors (Lipinski definition) is 3. The molecule has 0 aliphatic carbocycles. The molecule has 2 aromatic heterocycles. The fourth-order valence-corrected chi connectivity index (χ4v) is 3.94. The average molecular weight is 394 g/mol. The Labute approximate surface area is 170 Å². The Balaban J connectivity index is 1.27. The highest BCUT2D eigenvalue weighted by molar-refractivity contribution is 5.78. The molecule has 6 heteroatoms. The monoisotopic (exact) mass is 394 g/mol. The zero-order chi connectivity index (χ0) is 20.4. The summed E-state index contributed by atoms with van der Waals surface area (Å²) in [5, 5.41) is 2.96. The van der Waals surface area contributed by atoms with Gasteiger partial charge in [-0.2, -0.15) is 0 Å². The van der Waals surface area contributed by atoms with Gasteiger partial charge in [-0.25, -0.2) is 9.37 Å². The van der Waals surface area contributed by atoms with Crippen molar-refractivity contribution in [3.8, 4) is 0 Å². The summed E-state index contributed by atoms with van der Waals surface area (Å²) in [4.78, 5) is 19.6. The number of likely N-dealkylation sites (tertiary alicyclic amines) is 1. The standard InChI is InChI=1S/C23H27FN4O/c1-16-6-7-18(12-21(16)24)13-25-23(29)19-8-10-27(11-9-19)14-20-15-28-17(2)4-3-5-22(28)26-20/h3-7,12,15,19H,8-11,13-14H2,1-2H3,(H,25,29). The Morgan fingerprint density at radius 1 is 1.21 bits per heavy atom. The Morgan fingerprint density at radius 3 is 2.72 bits per heavy atom. The van der Waals surface area contributed by atoms with E-state index < -0.39 is 0 Å². The third-order valence-corrected chi connectivity index (χ3v) is 5.79. The Morgan fingerprint density at radius 2 is 2.00 bits per heavy atom. The number of aromatic nitrogens is 2. The number of halogens is 1. The van der Waals surface area contributed by atoms with Gasteiger partial charge in [-0.3, -0.25) is 9.69 Å². The molecule has 0 atom stereocenters. The molecular formula is C23H27FN4O. The summed E-state index contributed by atoms with van der Waals surface area (Å²) in [7, 11) is 0. The van der Waals surface area contributed by atoms with E-state index in [0.717, 1.165) is 49.4 Å². The lowest BCUT2D eigenvalue weighted by Gasteiger charge is -2.30. The van der Waals surface area contributed by atoms with Crippen LogP contribution in [-0.4, -0.2) is 33.3 Å². The lowest BCUT2D eigenvalue weighted by atomic mass is 9.95. The lowest BCUT2D eigenvalue weighted by Crippen LogP contribution is -2.40. The van der Waals surface area contributed by atoms with Gasteiger partial charge in [0.15, 0.2) is 0 Å². The van der Waals surface area contributed by atoms with Gasteiger partial charge in [-0.05, 0) is 69.1 Å². The van der Waals surface area contributed by atoms with E-state index in [1.165, 1.54) is 11.8 Å². The number of hydrogen-bond donors (Lipinski definition) is 1. The summed E-state index contributed by atoms with van der Waals surface area (Å²) < 4.78 is 15.8. The minimum atomic E-state index is -0.229. The molecule has 0 bridgehead atoms. The highest BCUT2D eigenvalue weighted by atomic mass is 19.1. The number of benzene rings is 1. The van der Waals surface area contributed by atoms with E-state index in [1.54, 1.807) is 13.0 Å². The first-order chi connectivity index (χ1) is 14.0. The van der Waals surface area contributed by atoms with Crippen LogP contribution in [0.25, 0.3) is 5.65 Å². The van der Waals surface area contributed by atoms with Crippen molar-refractivity contribution in [1.29, 1.82) is 0 Å². The van der Waals surface area contributed by atoms with Crippen molar-refractivity contribution in [3.05, 3.63) is 70.9 Å². The summed E-state index contributed by atoms with van der Waals surface area (Å²) in [6.07, 6.45) is 3.77. The van der Waals surface area contributed by atoms with Crippen molar-refractivity contribution in [1.82, 2.24) is 19.6 Å². The van der Waals surface area contributed by atoms with Crippen LogP contribution in [0.4, 0.5) is 4.39 Å². The van der Waals surface area contributed by atoms with Crippen LogP contribution in [0.1, 0.15) is 35.4 Å². The number of piperidine rings is 1. The van der Waals surface area contributed by atoms with Gasteiger partial charge in [0.25, 0.3) is 0 Å². The number of carbonyl (C=O) groups excluding carboxylic acids is 1. The molecule has 4 rings (SSSR count). The molecule has 1 saturated heterocycles. The first-order valence-electron chi connectivity index (χ1n) is 10.2. The van der Waals surface area contributed by atoms with Crippen LogP contribution < -0.4 is 5.32 Å². The molecule has 152 valence electrons. The maximum Gasteiger partial charge on any atom is 0.223 e. The molecule has 3 heterocycles. The van der Waals surface area contributed by atoms with E-state index in [2.05, 4.69) is 33.8 Å². The number of rotatable bonds is 5. The molecule has 0 saturated carbocycles. The van der Waals surface area contributed by atoms with Crippen molar-refractivity contribution in [3.63, 3.8) is 0 Å². The molecule has 5 nitrogen and oxygen atoms in total. The van der Waals surface area contributed by atoms with Gasteiger partial charge in [0.05, 0.1) is 5.69 Å². The van der Waals surface area contributed by atoms with E-state index in [1.807, 2.05) is 18.2 Å². The summed E-state index contributed by atoms with van der Waals surface area (Å²) in [5.74, 6) is -0.147. The number of imidazole rings is 1. The largest absolute Gasteiger partial charge is 0.352 e. The molecule has 1 aliphatic heterocycles. The molecular weight excluding hydrogens is 367 g/mol. The van der Waals surface area contributed by atoms with Gasteiger partial charge in [0.1, 0.15) is 11.5 Å². The van der Waals surface area contributed by atoms with E-state index >= 15 is 0 Å². The van der Waals surface area contributed by atoms with Crippen molar-refractivity contribution < 1.29 is 9.18 Å². The van der Waals surface area contributed by atoms with Crippen LogP contribution in [0.5, 0.6) is 0 Å². The number of amides is 1. The minimum absolute atomic E-state index is 0.0184. The first kappa shape index (κ1) is 19.6. The minimum Gasteiger partial charge on any atom is -0.352 e. The van der Waals surface area contributed by atoms with Gasteiger partial charge in [-0.1, -0.05) is 18.2 Å². The van der Waals surface area contributed by atoms with Gasteiger partial charge >= 0.3 is 0 Å². The molecule has 1 amide bonds. The third kappa shape index (κ3) is 4.48. The highest BCUT2D eigenvalue weighted by Gasteiger charge is 2.25. The second kappa shape index (κ2) is 8.33. The van der Waals surface area contributed by atoms with E-state index in [0.29, 0.717) is 12.1 Å². The van der Waals surface area contributed by atoms with Crippen molar-refractivity contribution in [2.24, 2.45) is 5.92 Å². The Bertz CT molecular complexity index is 1020. The number of pyridine rings is 1. The van der Waals surface area contributed by atoms with Crippen LogP contribution in [0.2, 0.25) is 0 Å². The van der Waals surface area contributed by atoms with Crippen LogP contribution in [0.3, 0.4) is 0 Å². The normalized spacial score (nSPS) is 15.7. The summed E-state index contributed by atoms with van der Waals surface area (Å²) in [5.41, 5.74) is 4.62. The van der Waals surface area contributed by atoms with E-state index in [-0.39, 0.29) is 17.6 Å². The second-order valence-corrected chi connectivity index (χ2v) is 7.98. The molecule has 1 N–H and O–H groups in total. The van der Waals surface area contributed by atoms with Gasteiger partial charge in [-0.15, -0.1) is 0 Å². The van der Waals surface area contributed by atoms with Gasteiger partial charge < -0.3 is 9.72 Å². The molecule has 29 heavy (non-hydrogen) atoms. The number of nitrogens with zero attached hydrogens (tertiary/aromatic N) is 3. The third-order valence-electron chi connectivity index (χ3n) is 5.79. The number of nitrogens with one attached hydrogen (secondary N) is 1. The van der Waals surface area contributed by atoms with Crippen molar-refractivity contribution in [2.75, 3.05) is 13.1 Å². The molecule has 3 aromatic rings. The summed E-state index contributed by atoms with van der Waals surface area (Å²) >= 11 is 0. The van der Waals surface area contributed by atoms with Gasteiger partial charge in [0, 0.05) is 30.9 Å². The Hall–Kier alpha value is -2.73. The topological polar surface area (TPSA) is 49.6 Å².